The van der Waals surface area contributed by atoms with Gasteiger partial charge in [-0.2, -0.15) is 0 Å². The molecule has 0 atom stereocenters. The van der Waals surface area contributed by atoms with Crippen LogP contribution in [0.15, 0.2) is 57.7 Å². The highest BCUT2D eigenvalue weighted by molar-refractivity contribution is 6.33. The first-order valence-corrected chi connectivity index (χ1v) is 9.69. The molecule has 5 rings (SSSR count). The Balaban J connectivity index is 1.36. The Morgan fingerprint density at radius 3 is 2.61 bits per heavy atom. The largest absolute Gasteiger partial charge is 0.449 e. The molecule has 1 saturated heterocycles. The third kappa shape index (κ3) is 3.04. The van der Waals surface area contributed by atoms with Crippen molar-refractivity contribution >= 4 is 39.4 Å². The van der Waals surface area contributed by atoms with Crippen LogP contribution in [0, 0.1) is 0 Å². The smallest absolute Gasteiger partial charge is 0.294 e. The number of aromatic nitrogens is 2. The van der Waals surface area contributed by atoms with Gasteiger partial charge in [0.2, 0.25) is 5.58 Å². The van der Waals surface area contributed by atoms with Gasteiger partial charge < -0.3 is 14.3 Å². The quantitative estimate of drug-likeness (QED) is 0.574. The van der Waals surface area contributed by atoms with Gasteiger partial charge in [-0.25, -0.2) is 4.98 Å². The van der Waals surface area contributed by atoms with Crippen LogP contribution in [0.4, 0.5) is 5.69 Å². The third-order valence-corrected chi connectivity index (χ3v) is 5.54. The molecule has 4 aromatic rings. The Hall–Kier alpha value is -2.83. The fourth-order valence-corrected chi connectivity index (χ4v) is 4.04. The number of hydrogen-bond donors (Lipinski definition) is 1. The van der Waals surface area contributed by atoms with E-state index in [4.69, 9.17) is 16.0 Å². The molecule has 1 N–H and O–H groups in total. The molecule has 1 aliphatic rings. The van der Waals surface area contributed by atoms with E-state index in [2.05, 4.69) is 25.8 Å². The van der Waals surface area contributed by atoms with Crippen LogP contribution in [0.3, 0.4) is 0 Å². The number of anilines is 1. The highest BCUT2D eigenvalue weighted by Gasteiger charge is 2.20. The summed E-state index contributed by atoms with van der Waals surface area (Å²) < 4.78 is 5.66. The number of H-pyrrole nitrogens is 1. The van der Waals surface area contributed by atoms with E-state index in [0.717, 1.165) is 42.3 Å². The van der Waals surface area contributed by atoms with Crippen molar-refractivity contribution in [2.75, 3.05) is 31.1 Å². The van der Waals surface area contributed by atoms with Gasteiger partial charge in [-0.15, -0.1) is 0 Å². The minimum absolute atomic E-state index is 0.231. The van der Waals surface area contributed by atoms with Gasteiger partial charge in [-0.1, -0.05) is 35.9 Å². The van der Waals surface area contributed by atoms with Crippen molar-refractivity contribution in [2.45, 2.75) is 6.54 Å². The van der Waals surface area contributed by atoms with Gasteiger partial charge in [0, 0.05) is 31.6 Å². The topological polar surface area (TPSA) is 65.4 Å². The molecule has 0 unspecified atom stereocenters. The summed E-state index contributed by atoms with van der Waals surface area (Å²) >= 11 is 6.32. The van der Waals surface area contributed by atoms with Crippen molar-refractivity contribution in [2.24, 2.45) is 0 Å². The second-order valence-corrected chi connectivity index (χ2v) is 7.41. The van der Waals surface area contributed by atoms with E-state index < -0.39 is 0 Å². The van der Waals surface area contributed by atoms with Crippen LogP contribution < -0.4 is 10.5 Å². The van der Waals surface area contributed by atoms with E-state index in [-0.39, 0.29) is 11.1 Å². The van der Waals surface area contributed by atoms with Crippen molar-refractivity contribution < 1.29 is 4.42 Å². The number of hydrogen-bond acceptors (Lipinski definition) is 5. The molecule has 1 aliphatic heterocycles. The second-order valence-electron chi connectivity index (χ2n) is 7.00. The molecule has 0 radical (unpaired) electrons. The molecular weight excluding hydrogens is 376 g/mol. The predicted molar refractivity (Wildman–Crippen MR) is 111 cm³/mol. The van der Waals surface area contributed by atoms with Crippen LogP contribution in [-0.4, -0.2) is 41.0 Å². The van der Waals surface area contributed by atoms with E-state index in [1.54, 1.807) is 0 Å². The number of rotatable bonds is 3. The van der Waals surface area contributed by atoms with E-state index in [1.807, 2.05) is 42.5 Å². The molecule has 142 valence electrons. The van der Waals surface area contributed by atoms with E-state index in [1.165, 1.54) is 0 Å². The number of para-hydroxylation sites is 2. The number of halogens is 1. The summed E-state index contributed by atoms with van der Waals surface area (Å²) in [5.74, 6) is 0.662. The molecule has 2 aromatic heterocycles. The normalized spacial score (nSPS) is 15.5. The number of nitrogens with one attached hydrogen (secondary N) is 1. The van der Waals surface area contributed by atoms with Gasteiger partial charge in [0.1, 0.15) is 16.9 Å². The lowest BCUT2D eigenvalue weighted by Crippen LogP contribution is -2.46. The zero-order valence-corrected chi connectivity index (χ0v) is 15.9. The zero-order chi connectivity index (χ0) is 19.1. The summed E-state index contributed by atoms with van der Waals surface area (Å²) in [6.07, 6.45) is 0. The lowest BCUT2D eigenvalue weighted by atomic mass is 10.2. The van der Waals surface area contributed by atoms with Crippen LogP contribution >= 0.6 is 11.6 Å². The van der Waals surface area contributed by atoms with E-state index in [0.29, 0.717) is 23.5 Å². The molecule has 0 aliphatic carbocycles. The second kappa shape index (κ2) is 6.96. The first-order chi connectivity index (χ1) is 13.7. The van der Waals surface area contributed by atoms with Crippen LogP contribution in [0.2, 0.25) is 5.02 Å². The molecule has 3 heterocycles. The fourth-order valence-electron chi connectivity index (χ4n) is 3.79. The van der Waals surface area contributed by atoms with Gasteiger partial charge in [0.15, 0.2) is 0 Å². The average Bonchev–Trinajstić information content (AvgIpc) is 3.09. The Bertz CT molecular complexity index is 1210. The third-order valence-electron chi connectivity index (χ3n) is 5.22. The summed E-state index contributed by atoms with van der Waals surface area (Å²) in [5.41, 5.74) is 2.44. The average molecular weight is 395 g/mol. The number of nitrogens with zero attached hydrogens (tertiary/aromatic N) is 3. The van der Waals surface area contributed by atoms with Crippen molar-refractivity contribution in [3.63, 3.8) is 0 Å². The monoisotopic (exact) mass is 394 g/mol. The number of aromatic amines is 1. The predicted octanol–water partition coefficient (Wildman–Crippen LogP) is 3.64. The standard InChI is InChI=1S/C21H19ClN4O2/c22-15-6-2-3-7-16(15)26-11-9-25(10-12-26)13-18-23-19-14-5-1-4-8-17(14)28-20(19)21(27)24-18/h1-8H,9-13H2,(H,23,24,27). The summed E-state index contributed by atoms with van der Waals surface area (Å²) in [4.78, 5) is 24.6. The van der Waals surface area contributed by atoms with Crippen molar-refractivity contribution in [1.29, 1.82) is 0 Å². The summed E-state index contributed by atoms with van der Waals surface area (Å²) in [5, 5.41) is 1.65. The minimum atomic E-state index is -0.231. The van der Waals surface area contributed by atoms with Gasteiger partial charge >= 0.3 is 0 Å². The van der Waals surface area contributed by atoms with E-state index >= 15 is 0 Å². The van der Waals surface area contributed by atoms with Gasteiger partial charge in [-0.05, 0) is 24.3 Å². The number of piperazine rings is 1. The van der Waals surface area contributed by atoms with Gasteiger partial charge in [0.05, 0.1) is 17.3 Å². The van der Waals surface area contributed by atoms with Crippen LogP contribution in [0.5, 0.6) is 0 Å². The maximum atomic E-state index is 12.5. The lowest BCUT2D eigenvalue weighted by Gasteiger charge is -2.36. The molecule has 0 bridgehead atoms. The van der Waals surface area contributed by atoms with Crippen LogP contribution in [0.25, 0.3) is 22.1 Å². The zero-order valence-electron chi connectivity index (χ0n) is 15.2. The molecular formula is C21H19ClN4O2. The van der Waals surface area contributed by atoms with Gasteiger partial charge in [-0.3, -0.25) is 9.69 Å². The number of fused-ring (bicyclic) bond motifs is 3. The Kier molecular flexibility index (Phi) is 4.30. The SMILES string of the molecule is O=c1[nH]c(CN2CCN(c3ccccc3Cl)CC2)nc2c1oc1ccccc12. The summed E-state index contributed by atoms with van der Waals surface area (Å²) in [6.45, 7) is 4.11. The summed E-state index contributed by atoms with van der Waals surface area (Å²) in [7, 11) is 0. The Labute approximate surface area is 166 Å². The highest BCUT2D eigenvalue weighted by atomic mass is 35.5. The summed E-state index contributed by atoms with van der Waals surface area (Å²) in [6, 6.07) is 15.5. The maximum Gasteiger partial charge on any atom is 0.294 e. The Morgan fingerprint density at radius 2 is 1.79 bits per heavy atom. The molecule has 0 spiro atoms. The van der Waals surface area contributed by atoms with Crippen molar-refractivity contribution in [1.82, 2.24) is 14.9 Å². The fraction of sp³-hybridized carbons (Fsp3) is 0.238. The molecule has 2 aromatic carbocycles. The van der Waals surface area contributed by atoms with Crippen LogP contribution in [-0.2, 0) is 6.54 Å². The highest BCUT2D eigenvalue weighted by Crippen LogP contribution is 2.27. The molecule has 7 heteroatoms. The van der Waals surface area contributed by atoms with Gasteiger partial charge in [0.25, 0.3) is 5.56 Å². The minimum Gasteiger partial charge on any atom is -0.449 e. The Morgan fingerprint density at radius 1 is 1.04 bits per heavy atom. The van der Waals surface area contributed by atoms with E-state index in [9.17, 15) is 4.79 Å². The first kappa shape index (κ1) is 17.3. The molecule has 28 heavy (non-hydrogen) atoms. The van der Waals surface area contributed by atoms with Crippen molar-refractivity contribution in [3.8, 4) is 0 Å². The lowest BCUT2D eigenvalue weighted by molar-refractivity contribution is 0.244. The molecule has 1 fully saturated rings. The molecule has 0 saturated carbocycles. The molecule has 6 nitrogen and oxygen atoms in total. The maximum absolute atomic E-state index is 12.5. The van der Waals surface area contributed by atoms with Crippen LogP contribution in [0.1, 0.15) is 5.82 Å². The number of benzene rings is 2. The first-order valence-electron chi connectivity index (χ1n) is 9.31. The number of furan rings is 1. The van der Waals surface area contributed by atoms with Crippen molar-refractivity contribution in [3.05, 3.63) is 69.7 Å². The molecule has 0 amide bonds.